The van der Waals surface area contributed by atoms with Gasteiger partial charge in [-0.25, -0.2) is 0 Å². The Morgan fingerprint density at radius 3 is 1.30 bits per heavy atom. The van der Waals surface area contributed by atoms with E-state index in [0.717, 1.165) is 12.8 Å². The molecule has 2 aliphatic rings. The molecule has 6 rings (SSSR count). The quantitative estimate of drug-likeness (QED) is 0.167. The topological polar surface area (TPSA) is 0 Å². The third-order valence-corrected chi connectivity index (χ3v) is 62.7. The molecule has 4 heteroatoms. The van der Waals surface area contributed by atoms with Crippen LogP contribution in [-0.4, -0.2) is 5.92 Å². The minimum absolute atomic E-state index is 0.115. The van der Waals surface area contributed by atoms with E-state index in [1.165, 1.54) is 77.9 Å². The van der Waals surface area contributed by atoms with Gasteiger partial charge in [0.15, 0.2) is 0 Å². The van der Waals surface area contributed by atoms with Crippen LogP contribution >= 0.6 is 17.0 Å². The summed E-state index contributed by atoms with van der Waals surface area (Å²) in [6.45, 7) is 18.5. The average molecular weight is 716 g/mol. The molecule has 4 aromatic rings. The van der Waals surface area contributed by atoms with E-state index in [2.05, 4.69) is 140 Å². The molecule has 2 atom stereocenters. The summed E-state index contributed by atoms with van der Waals surface area (Å²) in [6, 6.07) is 27.0. The van der Waals surface area contributed by atoms with Gasteiger partial charge >= 0.3 is 276 Å². The van der Waals surface area contributed by atoms with E-state index in [0.29, 0.717) is 0 Å². The Balaban J connectivity index is 1.63. The first kappa shape index (κ1) is 32.0. The molecule has 0 heterocycles. The molecule has 0 aliphatic heterocycles. The van der Waals surface area contributed by atoms with Crippen LogP contribution in [0.4, 0.5) is 0 Å². The Morgan fingerprint density at radius 1 is 0.568 bits per heavy atom. The minimum atomic E-state index is -4.79. The second-order valence-electron chi connectivity index (χ2n) is 13.5. The fourth-order valence-electron chi connectivity index (χ4n) is 8.41. The van der Waals surface area contributed by atoms with E-state index in [9.17, 15) is 0 Å². The maximum absolute atomic E-state index is 8.64. The van der Waals surface area contributed by atoms with Crippen LogP contribution in [0.25, 0.3) is 34.4 Å². The molecule has 0 N–H and O–H groups in total. The number of rotatable bonds is 7. The molecule has 0 fully saturated rings. The maximum atomic E-state index is 8.64. The van der Waals surface area contributed by atoms with Crippen LogP contribution in [0.15, 0.2) is 83.9 Å². The van der Waals surface area contributed by atoms with Crippen molar-refractivity contribution >= 4 is 35.1 Å². The monoisotopic (exact) mass is 713 g/mol. The number of hydrogen-bond donors (Lipinski definition) is 0. The Labute approximate surface area is 274 Å². The molecule has 0 spiro atoms. The van der Waals surface area contributed by atoms with Gasteiger partial charge < -0.3 is 0 Å². The standard InChI is InChI=1S/2C19H19.C2H7Si.2ClH.Zr/c2*1-4-15-11-16-10-9-14(3)19(18(16)12-15)17-8-6-5-7-13(17)2;1-3-2;;;/h2*5-12H,4H2,1-3H3;3H,1-2H3;2*1H;/q;;;;;+2/p-2. The first-order valence-electron chi connectivity index (χ1n) is 16.3. The first-order chi connectivity index (χ1) is 20.9. The van der Waals surface area contributed by atoms with Crippen LogP contribution in [0.1, 0.15) is 78.4 Å². The van der Waals surface area contributed by atoms with Gasteiger partial charge in [-0.3, -0.25) is 0 Å². The summed E-state index contributed by atoms with van der Waals surface area (Å²) in [4.78, 5) is 0. The predicted octanol–water partition coefficient (Wildman–Crippen LogP) is 12.6. The van der Waals surface area contributed by atoms with Crippen LogP contribution < -0.4 is 0 Å². The van der Waals surface area contributed by atoms with Gasteiger partial charge in [-0.15, -0.1) is 0 Å². The molecule has 44 heavy (non-hydrogen) atoms. The van der Waals surface area contributed by atoms with Crippen molar-refractivity contribution in [2.24, 2.45) is 0 Å². The fraction of sp³-hybridized carbons (Fsp3) is 0.300. The third-order valence-electron chi connectivity index (χ3n) is 10.8. The molecule has 0 aromatic heterocycles. The van der Waals surface area contributed by atoms with E-state index in [4.69, 9.17) is 17.0 Å². The molecule has 4 aromatic carbocycles. The summed E-state index contributed by atoms with van der Waals surface area (Å²) < 4.78 is 0.229. The van der Waals surface area contributed by atoms with E-state index >= 15 is 0 Å². The van der Waals surface area contributed by atoms with Crippen molar-refractivity contribution < 1.29 is 15.6 Å². The second-order valence-corrected chi connectivity index (χ2v) is 56.0. The number of hydrogen-bond acceptors (Lipinski definition) is 0. The molecule has 0 amide bonds. The van der Waals surface area contributed by atoms with Gasteiger partial charge in [-0.05, 0) is 0 Å². The Bertz CT molecular complexity index is 1730. The SMILES string of the molecule is CCC1=Cc2c(ccc(C)c2-c2ccccc2C)[CH]1[Zr]([Cl])([Cl])([CH]1C(CC)=Cc2c1ccc(C)c2-c1ccccc1C)[SiH](C)C. The predicted molar refractivity (Wildman–Crippen MR) is 195 cm³/mol. The van der Waals surface area contributed by atoms with Gasteiger partial charge in [0.1, 0.15) is 0 Å². The van der Waals surface area contributed by atoms with Gasteiger partial charge in [-0.1, -0.05) is 0 Å². The van der Waals surface area contributed by atoms with E-state index < -0.39 is 21.5 Å². The van der Waals surface area contributed by atoms with Crippen LogP contribution in [0.3, 0.4) is 0 Å². The molecular formula is C40H45Cl2SiZr. The summed E-state index contributed by atoms with van der Waals surface area (Å²) in [5, 5.41) is 0. The fourth-order valence-corrected chi connectivity index (χ4v) is 40.2. The van der Waals surface area contributed by atoms with Crippen LogP contribution in [0, 0.1) is 27.7 Å². The van der Waals surface area contributed by atoms with Crippen molar-refractivity contribution in [3.05, 3.63) is 128 Å². The normalized spacial score (nSPS) is 18.5. The molecule has 2 aliphatic carbocycles. The van der Waals surface area contributed by atoms with Gasteiger partial charge in [0, 0.05) is 0 Å². The third kappa shape index (κ3) is 4.69. The Hall–Kier alpha value is -1.96. The summed E-state index contributed by atoms with van der Waals surface area (Å²) in [6.07, 6.45) is 6.90. The number of fused-ring (bicyclic) bond motifs is 2. The summed E-state index contributed by atoms with van der Waals surface area (Å²) in [7, 11) is 17.3. The van der Waals surface area contributed by atoms with Crippen molar-refractivity contribution in [1.82, 2.24) is 0 Å². The Morgan fingerprint density at radius 2 is 0.955 bits per heavy atom. The first-order valence-corrected chi connectivity index (χ1v) is 32.6. The zero-order valence-corrected chi connectivity index (χ0v) is 32.6. The van der Waals surface area contributed by atoms with Crippen molar-refractivity contribution in [1.29, 1.82) is 0 Å². The van der Waals surface area contributed by atoms with Gasteiger partial charge in [0.2, 0.25) is 0 Å². The number of benzene rings is 4. The molecule has 2 unspecified atom stereocenters. The number of allylic oxidation sites excluding steroid dienone is 2. The summed E-state index contributed by atoms with van der Waals surface area (Å²) >= 11 is -4.79. The summed E-state index contributed by atoms with van der Waals surface area (Å²) in [5.41, 5.74) is 18.9. The average Bonchev–Trinajstić information content (AvgIpc) is 3.58. The van der Waals surface area contributed by atoms with Gasteiger partial charge in [0.25, 0.3) is 0 Å². The van der Waals surface area contributed by atoms with Crippen molar-refractivity contribution in [3.63, 3.8) is 0 Å². The molecule has 0 bridgehead atoms. The van der Waals surface area contributed by atoms with Gasteiger partial charge in [0.05, 0.1) is 0 Å². The molecular weight excluding hydrogens is 671 g/mol. The van der Waals surface area contributed by atoms with E-state index in [1.54, 1.807) is 0 Å². The van der Waals surface area contributed by atoms with Crippen LogP contribution in [-0.2, 0) is 15.6 Å². The van der Waals surface area contributed by atoms with Crippen molar-refractivity contribution in [2.45, 2.75) is 74.7 Å². The molecule has 227 valence electrons. The van der Waals surface area contributed by atoms with Crippen LogP contribution in [0.5, 0.6) is 0 Å². The van der Waals surface area contributed by atoms with Crippen molar-refractivity contribution in [2.75, 3.05) is 0 Å². The molecule has 0 saturated carbocycles. The van der Waals surface area contributed by atoms with Crippen LogP contribution in [0.2, 0.25) is 13.1 Å². The second kappa shape index (κ2) is 11.7. The molecule has 0 saturated heterocycles. The zero-order chi connectivity index (χ0) is 31.6. The molecule has 0 radical (unpaired) electrons. The van der Waals surface area contributed by atoms with E-state index in [-0.39, 0.29) is 7.25 Å². The van der Waals surface area contributed by atoms with E-state index in [1.807, 2.05) is 0 Å². The Kier molecular flexibility index (Phi) is 8.50. The molecule has 0 nitrogen and oxygen atoms in total. The summed E-state index contributed by atoms with van der Waals surface area (Å²) in [5.74, 6) is -1.61. The zero-order valence-electron chi connectivity index (χ0n) is 27.5. The van der Waals surface area contributed by atoms with Gasteiger partial charge in [-0.2, -0.15) is 0 Å². The van der Waals surface area contributed by atoms with Crippen molar-refractivity contribution in [3.8, 4) is 22.3 Å². The number of halogens is 2. The number of aryl methyl sites for hydroxylation is 4.